The number of carbonyl (C=O) groups is 2. The Morgan fingerprint density at radius 1 is 1.28 bits per heavy atom. The number of amides is 2. The lowest BCUT2D eigenvalue weighted by Crippen LogP contribution is -2.27. The van der Waals surface area contributed by atoms with E-state index in [9.17, 15) is 9.59 Å². The molecule has 98 valence electrons. The molecular formula is C12H14Cl2N2O2. The number of hydrogen-bond acceptors (Lipinski definition) is 2. The van der Waals surface area contributed by atoms with Crippen LogP contribution in [-0.2, 0) is 16.0 Å². The zero-order valence-corrected chi connectivity index (χ0v) is 11.2. The molecule has 0 radical (unpaired) electrons. The van der Waals surface area contributed by atoms with Gasteiger partial charge in [-0.2, -0.15) is 0 Å². The first-order valence-electron chi connectivity index (χ1n) is 5.48. The van der Waals surface area contributed by atoms with Gasteiger partial charge in [0.05, 0.1) is 6.42 Å². The van der Waals surface area contributed by atoms with E-state index in [2.05, 4.69) is 5.32 Å². The average Bonchev–Trinajstić information content (AvgIpc) is 2.28. The number of carbonyl (C=O) groups excluding carboxylic acids is 2. The largest absolute Gasteiger partial charge is 0.370 e. The molecule has 0 atom stereocenters. The van der Waals surface area contributed by atoms with E-state index in [0.717, 1.165) is 0 Å². The monoisotopic (exact) mass is 288 g/mol. The summed E-state index contributed by atoms with van der Waals surface area (Å²) < 4.78 is 0. The maximum atomic E-state index is 11.6. The van der Waals surface area contributed by atoms with Crippen LogP contribution in [-0.4, -0.2) is 18.4 Å². The van der Waals surface area contributed by atoms with Gasteiger partial charge >= 0.3 is 0 Å². The summed E-state index contributed by atoms with van der Waals surface area (Å²) in [5.41, 5.74) is 5.70. The first-order chi connectivity index (χ1) is 8.49. The lowest BCUT2D eigenvalue weighted by molar-refractivity contribution is -0.121. The van der Waals surface area contributed by atoms with E-state index >= 15 is 0 Å². The highest BCUT2D eigenvalue weighted by Gasteiger charge is 2.07. The van der Waals surface area contributed by atoms with E-state index in [1.165, 1.54) is 0 Å². The summed E-state index contributed by atoms with van der Waals surface area (Å²) in [6.45, 7) is 0.424. The molecule has 0 fully saturated rings. The Hall–Kier alpha value is -1.26. The second-order valence-corrected chi connectivity index (χ2v) is 4.68. The van der Waals surface area contributed by atoms with Crippen LogP contribution in [0, 0.1) is 0 Å². The molecule has 6 heteroatoms. The molecule has 0 unspecified atom stereocenters. The fourth-order valence-electron chi connectivity index (χ4n) is 1.39. The van der Waals surface area contributed by atoms with Crippen molar-refractivity contribution in [3.05, 3.63) is 33.8 Å². The quantitative estimate of drug-likeness (QED) is 0.785. The molecule has 2 amide bonds. The van der Waals surface area contributed by atoms with Crippen molar-refractivity contribution in [3.63, 3.8) is 0 Å². The van der Waals surface area contributed by atoms with Crippen molar-refractivity contribution in [2.45, 2.75) is 19.3 Å². The highest BCUT2D eigenvalue weighted by Crippen LogP contribution is 2.21. The Morgan fingerprint density at radius 3 is 2.61 bits per heavy atom. The number of primary amides is 1. The van der Waals surface area contributed by atoms with E-state index < -0.39 is 0 Å². The number of nitrogens with one attached hydrogen (secondary N) is 1. The summed E-state index contributed by atoms with van der Waals surface area (Å²) in [4.78, 5) is 22.1. The van der Waals surface area contributed by atoms with Crippen LogP contribution in [0.2, 0.25) is 10.0 Å². The topological polar surface area (TPSA) is 72.2 Å². The Balaban J connectivity index is 2.38. The molecule has 0 saturated heterocycles. The summed E-state index contributed by atoms with van der Waals surface area (Å²) in [6, 6.07) is 5.00. The number of nitrogens with two attached hydrogens (primary N) is 1. The van der Waals surface area contributed by atoms with Crippen LogP contribution in [0.25, 0.3) is 0 Å². The molecular weight excluding hydrogens is 275 g/mol. The number of rotatable bonds is 6. The van der Waals surface area contributed by atoms with Crippen molar-refractivity contribution in [2.24, 2.45) is 5.73 Å². The van der Waals surface area contributed by atoms with Gasteiger partial charge in [0, 0.05) is 23.0 Å². The van der Waals surface area contributed by atoms with Gasteiger partial charge < -0.3 is 11.1 Å². The highest BCUT2D eigenvalue weighted by atomic mass is 35.5. The van der Waals surface area contributed by atoms with E-state index in [-0.39, 0.29) is 24.7 Å². The predicted octanol–water partition coefficient (Wildman–Crippen LogP) is 1.92. The summed E-state index contributed by atoms with van der Waals surface area (Å²) in [6.07, 6.45) is 0.990. The van der Waals surface area contributed by atoms with Gasteiger partial charge in [-0.25, -0.2) is 0 Å². The van der Waals surface area contributed by atoms with Gasteiger partial charge in [-0.1, -0.05) is 29.3 Å². The fourth-order valence-corrected chi connectivity index (χ4v) is 1.87. The van der Waals surface area contributed by atoms with Crippen molar-refractivity contribution >= 4 is 35.0 Å². The Bertz CT molecular complexity index is 450. The fraction of sp³-hybridized carbons (Fsp3) is 0.333. The molecule has 3 N–H and O–H groups in total. The van der Waals surface area contributed by atoms with Gasteiger partial charge in [0.25, 0.3) is 0 Å². The number of benzene rings is 1. The smallest absolute Gasteiger partial charge is 0.224 e. The van der Waals surface area contributed by atoms with E-state index in [4.69, 9.17) is 28.9 Å². The van der Waals surface area contributed by atoms with E-state index in [0.29, 0.717) is 28.6 Å². The highest BCUT2D eigenvalue weighted by molar-refractivity contribution is 6.35. The number of hydrogen-bond donors (Lipinski definition) is 2. The van der Waals surface area contributed by atoms with E-state index in [1.54, 1.807) is 18.2 Å². The number of halogens is 2. The molecule has 18 heavy (non-hydrogen) atoms. The van der Waals surface area contributed by atoms with Crippen LogP contribution in [0.5, 0.6) is 0 Å². The lowest BCUT2D eigenvalue weighted by Gasteiger charge is -2.06. The lowest BCUT2D eigenvalue weighted by atomic mass is 10.1. The maximum Gasteiger partial charge on any atom is 0.224 e. The second kappa shape index (κ2) is 7.24. The summed E-state index contributed by atoms with van der Waals surface area (Å²) in [5.74, 6) is -0.520. The second-order valence-electron chi connectivity index (χ2n) is 3.83. The van der Waals surface area contributed by atoms with Crippen LogP contribution in [0.1, 0.15) is 18.4 Å². The SMILES string of the molecule is NC(=O)CCCNC(=O)Cc1ccc(Cl)cc1Cl. The van der Waals surface area contributed by atoms with Crippen LogP contribution in [0.3, 0.4) is 0 Å². The summed E-state index contributed by atoms with van der Waals surface area (Å²) >= 11 is 11.7. The zero-order valence-electron chi connectivity index (χ0n) is 9.71. The van der Waals surface area contributed by atoms with Crippen LogP contribution >= 0.6 is 23.2 Å². The molecule has 1 rings (SSSR count). The van der Waals surface area contributed by atoms with Crippen molar-refractivity contribution in [3.8, 4) is 0 Å². The molecule has 4 nitrogen and oxygen atoms in total. The maximum absolute atomic E-state index is 11.6. The summed E-state index contributed by atoms with van der Waals surface area (Å²) in [7, 11) is 0. The summed E-state index contributed by atoms with van der Waals surface area (Å²) in [5, 5.41) is 3.69. The predicted molar refractivity (Wildman–Crippen MR) is 71.6 cm³/mol. The normalized spacial score (nSPS) is 10.1. The standard InChI is InChI=1S/C12H14Cl2N2O2/c13-9-4-3-8(10(14)7-9)6-12(18)16-5-1-2-11(15)17/h3-4,7H,1-2,5-6H2,(H2,15,17)(H,16,18). The van der Waals surface area contributed by atoms with Crippen LogP contribution in [0.15, 0.2) is 18.2 Å². The minimum absolute atomic E-state index is 0.149. The molecule has 1 aromatic rings. The van der Waals surface area contributed by atoms with Gasteiger partial charge in [0.2, 0.25) is 11.8 Å². The van der Waals surface area contributed by atoms with Crippen molar-refractivity contribution in [1.29, 1.82) is 0 Å². The molecule has 0 heterocycles. The van der Waals surface area contributed by atoms with E-state index in [1.807, 2.05) is 0 Å². The third-order valence-electron chi connectivity index (χ3n) is 2.29. The Labute approximate surface area is 115 Å². The van der Waals surface area contributed by atoms with Crippen LogP contribution in [0.4, 0.5) is 0 Å². The molecule has 0 saturated carbocycles. The van der Waals surface area contributed by atoms with Gasteiger partial charge in [-0.15, -0.1) is 0 Å². The molecule has 0 aliphatic rings. The minimum atomic E-state index is -0.370. The molecule has 0 aliphatic carbocycles. The van der Waals surface area contributed by atoms with Gasteiger partial charge in [0.15, 0.2) is 0 Å². The first-order valence-corrected chi connectivity index (χ1v) is 6.23. The molecule has 1 aromatic carbocycles. The van der Waals surface area contributed by atoms with Gasteiger partial charge in [0.1, 0.15) is 0 Å². The van der Waals surface area contributed by atoms with Crippen molar-refractivity contribution in [2.75, 3.05) is 6.54 Å². The van der Waals surface area contributed by atoms with Gasteiger partial charge in [-0.3, -0.25) is 9.59 Å². The third kappa shape index (κ3) is 5.38. The molecule has 0 spiro atoms. The van der Waals surface area contributed by atoms with Gasteiger partial charge in [-0.05, 0) is 24.1 Å². The Morgan fingerprint density at radius 2 is 2.00 bits per heavy atom. The van der Waals surface area contributed by atoms with Crippen molar-refractivity contribution in [1.82, 2.24) is 5.32 Å². The third-order valence-corrected chi connectivity index (χ3v) is 2.88. The van der Waals surface area contributed by atoms with Crippen LogP contribution < -0.4 is 11.1 Å². The zero-order chi connectivity index (χ0) is 13.5. The molecule has 0 aliphatic heterocycles. The molecule has 0 bridgehead atoms. The first kappa shape index (κ1) is 14.8. The Kier molecular flexibility index (Phi) is 5.95. The average molecular weight is 289 g/mol. The van der Waals surface area contributed by atoms with Crippen molar-refractivity contribution < 1.29 is 9.59 Å². The molecule has 0 aromatic heterocycles. The minimum Gasteiger partial charge on any atom is -0.370 e.